The molecule has 0 atom stereocenters. The summed E-state index contributed by atoms with van der Waals surface area (Å²) in [5, 5.41) is 15.2. The van der Waals surface area contributed by atoms with Crippen molar-refractivity contribution in [2.75, 3.05) is 5.32 Å². The fraction of sp³-hybridized carbons (Fsp3) is 0.294. The van der Waals surface area contributed by atoms with E-state index in [0.29, 0.717) is 11.0 Å². The summed E-state index contributed by atoms with van der Waals surface area (Å²) in [7, 11) is 0. The van der Waals surface area contributed by atoms with Gasteiger partial charge in [0.2, 0.25) is 11.0 Å². The topological polar surface area (TPSA) is 67.8 Å². The maximum atomic E-state index is 12.2. The first-order valence-corrected chi connectivity index (χ1v) is 10.3. The minimum Gasteiger partial charge on any atom is -0.300 e. The smallest absolute Gasteiger partial charge is 0.232 e. The number of amides is 1. The number of benzene rings is 1. The van der Waals surface area contributed by atoms with Gasteiger partial charge in [0.25, 0.3) is 0 Å². The first-order valence-electron chi connectivity index (χ1n) is 7.82. The number of thiazole rings is 1. The Morgan fingerprint density at radius 3 is 2.92 bits per heavy atom. The summed E-state index contributed by atoms with van der Waals surface area (Å²) in [5.41, 5.74) is 1.79. The molecule has 1 aromatic carbocycles. The Labute approximate surface area is 162 Å². The molecular weight excluding hydrogens is 420 g/mol. The van der Waals surface area contributed by atoms with E-state index in [9.17, 15) is 4.79 Å². The van der Waals surface area contributed by atoms with Crippen molar-refractivity contribution in [1.82, 2.24) is 15.2 Å². The Hall–Kier alpha value is -1.64. The van der Waals surface area contributed by atoms with Gasteiger partial charge in [-0.25, -0.2) is 4.98 Å². The summed E-state index contributed by atoms with van der Waals surface area (Å²) in [6.45, 7) is 4.26. The number of halogens is 1. The number of hydrogen-bond donors (Lipinski definition) is 1. The van der Waals surface area contributed by atoms with Crippen molar-refractivity contribution < 1.29 is 4.79 Å². The number of nitrogens with one attached hydrogen (secondary N) is 1. The van der Waals surface area contributed by atoms with Crippen LogP contribution in [-0.4, -0.2) is 21.1 Å². The Morgan fingerprint density at radius 1 is 1.32 bits per heavy atom. The van der Waals surface area contributed by atoms with E-state index >= 15 is 0 Å². The fourth-order valence-corrected chi connectivity index (χ4v) is 4.39. The van der Waals surface area contributed by atoms with Gasteiger partial charge in [-0.15, -0.1) is 21.5 Å². The second-order valence-corrected chi connectivity index (χ2v) is 8.81. The molecule has 0 saturated heterocycles. The Balaban J connectivity index is 1.61. The van der Waals surface area contributed by atoms with Crippen LogP contribution < -0.4 is 5.32 Å². The SMILES string of the molecule is CC(C)Cc1nnc(NC(=O)Cc2csc(-c3cccc(Br)c3)n2)s1. The van der Waals surface area contributed by atoms with E-state index in [1.807, 2.05) is 29.6 Å². The van der Waals surface area contributed by atoms with Gasteiger partial charge >= 0.3 is 0 Å². The summed E-state index contributed by atoms with van der Waals surface area (Å²) in [6.07, 6.45) is 1.10. The molecule has 0 unspecified atom stereocenters. The lowest BCUT2D eigenvalue weighted by atomic mass is 10.1. The molecule has 1 N–H and O–H groups in total. The van der Waals surface area contributed by atoms with Crippen molar-refractivity contribution in [2.45, 2.75) is 26.7 Å². The maximum absolute atomic E-state index is 12.2. The van der Waals surface area contributed by atoms with Crippen LogP contribution in [-0.2, 0) is 17.6 Å². The van der Waals surface area contributed by atoms with Gasteiger partial charge in [0, 0.05) is 21.8 Å². The molecule has 0 bridgehead atoms. The summed E-state index contributed by atoms with van der Waals surface area (Å²) in [4.78, 5) is 16.8. The normalized spacial score (nSPS) is 11.0. The highest BCUT2D eigenvalue weighted by Gasteiger charge is 2.12. The van der Waals surface area contributed by atoms with Crippen LogP contribution in [0.1, 0.15) is 24.5 Å². The molecule has 3 rings (SSSR count). The van der Waals surface area contributed by atoms with E-state index in [0.717, 1.165) is 32.2 Å². The van der Waals surface area contributed by atoms with Crippen LogP contribution in [0.3, 0.4) is 0 Å². The molecule has 5 nitrogen and oxygen atoms in total. The lowest BCUT2D eigenvalue weighted by Gasteiger charge is -1.99. The predicted molar refractivity (Wildman–Crippen MR) is 106 cm³/mol. The minimum absolute atomic E-state index is 0.127. The lowest BCUT2D eigenvalue weighted by molar-refractivity contribution is -0.115. The Bertz CT molecular complexity index is 875. The molecule has 130 valence electrons. The van der Waals surface area contributed by atoms with Crippen LogP contribution in [0.15, 0.2) is 34.1 Å². The lowest BCUT2D eigenvalue weighted by Crippen LogP contribution is -2.14. The highest BCUT2D eigenvalue weighted by Crippen LogP contribution is 2.26. The van der Waals surface area contributed by atoms with Gasteiger partial charge in [0.05, 0.1) is 12.1 Å². The monoisotopic (exact) mass is 436 g/mol. The molecule has 0 fully saturated rings. The van der Waals surface area contributed by atoms with Crippen molar-refractivity contribution in [3.8, 4) is 10.6 Å². The predicted octanol–water partition coefficient (Wildman–Crippen LogP) is 4.80. The molecule has 2 aromatic heterocycles. The highest BCUT2D eigenvalue weighted by atomic mass is 79.9. The van der Waals surface area contributed by atoms with Crippen molar-refractivity contribution in [1.29, 1.82) is 0 Å². The van der Waals surface area contributed by atoms with Crippen molar-refractivity contribution in [3.63, 3.8) is 0 Å². The largest absolute Gasteiger partial charge is 0.300 e. The minimum atomic E-state index is -0.127. The molecule has 25 heavy (non-hydrogen) atoms. The number of carbonyl (C=O) groups is 1. The third-order valence-electron chi connectivity index (χ3n) is 3.26. The van der Waals surface area contributed by atoms with Crippen LogP contribution in [0, 0.1) is 5.92 Å². The Kier molecular flexibility index (Phi) is 5.93. The van der Waals surface area contributed by atoms with Gasteiger partial charge in [0.15, 0.2) is 0 Å². The van der Waals surface area contributed by atoms with Crippen molar-refractivity contribution >= 4 is 49.6 Å². The average Bonchev–Trinajstić information content (AvgIpc) is 3.16. The third-order valence-corrected chi connectivity index (χ3v) is 5.56. The van der Waals surface area contributed by atoms with Gasteiger partial charge in [-0.1, -0.05) is 53.2 Å². The number of nitrogens with zero attached hydrogens (tertiary/aromatic N) is 3. The molecule has 0 aliphatic rings. The van der Waals surface area contributed by atoms with E-state index in [1.54, 1.807) is 0 Å². The van der Waals surface area contributed by atoms with Crippen LogP contribution in [0.5, 0.6) is 0 Å². The molecule has 0 aliphatic carbocycles. The van der Waals surface area contributed by atoms with E-state index in [1.165, 1.54) is 22.7 Å². The standard InChI is InChI=1S/C17H17BrN4OS2/c1-10(2)6-15-21-22-17(25-15)20-14(23)8-13-9-24-16(19-13)11-4-3-5-12(18)7-11/h3-5,7,9-10H,6,8H2,1-2H3,(H,20,22,23). The Morgan fingerprint density at radius 2 is 2.16 bits per heavy atom. The third kappa shape index (κ3) is 5.17. The number of anilines is 1. The van der Waals surface area contributed by atoms with Crippen LogP contribution in [0.25, 0.3) is 10.6 Å². The zero-order chi connectivity index (χ0) is 17.8. The van der Waals surface area contributed by atoms with E-state index < -0.39 is 0 Å². The average molecular weight is 437 g/mol. The van der Waals surface area contributed by atoms with Gasteiger partial charge < -0.3 is 5.32 Å². The van der Waals surface area contributed by atoms with Crippen molar-refractivity contribution in [3.05, 3.63) is 44.8 Å². The molecule has 2 heterocycles. The first kappa shape index (κ1) is 18.2. The zero-order valence-electron chi connectivity index (χ0n) is 13.8. The summed E-state index contributed by atoms with van der Waals surface area (Å²) in [6, 6.07) is 7.96. The van der Waals surface area contributed by atoms with Crippen LogP contribution in [0.4, 0.5) is 5.13 Å². The number of rotatable bonds is 6. The second kappa shape index (κ2) is 8.16. The summed E-state index contributed by atoms with van der Waals surface area (Å²) < 4.78 is 1.01. The van der Waals surface area contributed by atoms with Gasteiger partial charge in [-0.3, -0.25) is 4.79 Å². The van der Waals surface area contributed by atoms with Gasteiger partial charge in [0.1, 0.15) is 10.0 Å². The highest BCUT2D eigenvalue weighted by molar-refractivity contribution is 9.10. The molecule has 8 heteroatoms. The van der Waals surface area contributed by atoms with E-state index in [4.69, 9.17) is 0 Å². The molecule has 1 amide bonds. The van der Waals surface area contributed by atoms with Crippen LogP contribution >= 0.6 is 38.6 Å². The first-order chi connectivity index (χ1) is 12.0. The molecule has 0 aliphatic heterocycles. The van der Waals surface area contributed by atoms with E-state index in [-0.39, 0.29) is 12.3 Å². The summed E-state index contributed by atoms with van der Waals surface area (Å²) in [5.74, 6) is 0.390. The molecular formula is C17H17BrN4OS2. The molecule has 0 saturated carbocycles. The van der Waals surface area contributed by atoms with Crippen molar-refractivity contribution in [2.24, 2.45) is 5.92 Å². The molecule has 0 radical (unpaired) electrons. The quantitative estimate of drug-likeness (QED) is 0.601. The zero-order valence-corrected chi connectivity index (χ0v) is 17.0. The number of hydrogen-bond acceptors (Lipinski definition) is 6. The van der Waals surface area contributed by atoms with Gasteiger partial charge in [-0.2, -0.15) is 0 Å². The number of aromatic nitrogens is 3. The molecule has 3 aromatic rings. The summed E-state index contributed by atoms with van der Waals surface area (Å²) >= 11 is 6.42. The molecule has 0 spiro atoms. The number of carbonyl (C=O) groups excluding carboxylic acids is 1. The van der Waals surface area contributed by atoms with Crippen LogP contribution in [0.2, 0.25) is 0 Å². The second-order valence-electron chi connectivity index (χ2n) is 5.98. The van der Waals surface area contributed by atoms with E-state index in [2.05, 4.69) is 50.3 Å². The fourth-order valence-electron chi connectivity index (χ4n) is 2.21. The van der Waals surface area contributed by atoms with Gasteiger partial charge in [-0.05, 0) is 18.1 Å². The maximum Gasteiger partial charge on any atom is 0.232 e.